The van der Waals surface area contributed by atoms with Crippen molar-refractivity contribution >= 4 is 23.0 Å². The fraction of sp³-hybridized carbons (Fsp3) is 0.412. The van der Waals surface area contributed by atoms with Gasteiger partial charge in [0.15, 0.2) is 0 Å². The van der Waals surface area contributed by atoms with Crippen molar-refractivity contribution in [2.24, 2.45) is 0 Å². The third kappa shape index (κ3) is 3.45. The van der Waals surface area contributed by atoms with E-state index in [2.05, 4.69) is 15.3 Å². The first-order valence-corrected chi connectivity index (χ1v) is 8.21. The molecule has 1 aliphatic rings. The molecule has 7 heteroatoms. The molecule has 0 spiro atoms. The Morgan fingerprint density at radius 3 is 2.54 bits per heavy atom. The van der Waals surface area contributed by atoms with Gasteiger partial charge in [-0.05, 0) is 25.0 Å². The predicted molar refractivity (Wildman–Crippen MR) is 93.7 cm³/mol. The zero-order valence-electron chi connectivity index (χ0n) is 13.7. The summed E-state index contributed by atoms with van der Waals surface area (Å²) in [5.41, 5.74) is 0.761. The number of nitro groups is 1. The van der Waals surface area contributed by atoms with Crippen LogP contribution in [0.3, 0.4) is 0 Å². The lowest BCUT2D eigenvalue weighted by Crippen LogP contribution is -2.24. The Balaban J connectivity index is 1.94. The molecule has 1 aliphatic carbocycles. The number of nitrogens with one attached hydrogen (secondary N) is 1. The van der Waals surface area contributed by atoms with Gasteiger partial charge in [-0.1, -0.05) is 37.5 Å². The number of aromatic nitrogens is 2. The van der Waals surface area contributed by atoms with Gasteiger partial charge in [-0.3, -0.25) is 10.1 Å². The summed E-state index contributed by atoms with van der Waals surface area (Å²) in [6.45, 7) is 0. The molecule has 1 aromatic heterocycles. The Morgan fingerprint density at radius 2 is 1.88 bits per heavy atom. The summed E-state index contributed by atoms with van der Waals surface area (Å²) in [6, 6.07) is 9.70. The van der Waals surface area contributed by atoms with Crippen molar-refractivity contribution in [2.75, 3.05) is 17.3 Å². The largest absolute Gasteiger partial charge is 0.361 e. The molecular formula is C17H21N5O2. The highest BCUT2D eigenvalue weighted by molar-refractivity contribution is 5.75. The maximum absolute atomic E-state index is 11.7. The zero-order chi connectivity index (χ0) is 16.9. The van der Waals surface area contributed by atoms with Gasteiger partial charge < -0.3 is 10.2 Å². The van der Waals surface area contributed by atoms with Gasteiger partial charge in [0.2, 0.25) is 11.6 Å². The summed E-state index contributed by atoms with van der Waals surface area (Å²) in [6.07, 6.45) is 6.94. The summed E-state index contributed by atoms with van der Waals surface area (Å²) in [4.78, 5) is 21.3. The van der Waals surface area contributed by atoms with Crippen LogP contribution >= 0.6 is 0 Å². The molecule has 1 fully saturated rings. The molecule has 0 bridgehead atoms. The molecule has 24 heavy (non-hydrogen) atoms. The normalized spacial score (nSPS) is 15.0. The molecule has 126 valence electrons. The summed E-state index contributed by atoms with van der Waals surface area (Å²) in [5.74, 6) is 0.596. The quantitative estimate of drug-likeness (QED) is 0.662. The number of anilines is 3. The Hall–Kier alpha value is -2.70. The van der Waals surface area contributed by atoms with Gasteiger partial charge >= 0.3 is 5.69 Å². The number of para-hydroxylation sites is 1. The van der Waals surface area contributed by atoms with Crippen molar-refractivity contribution in [1.82, 2.24) is 9.97 Å². The molecular weight excluding hydrogens is 306 g/mol. The van der Waals surface area contributed by atoms with Crippen molar-refractivity contribution in [3.8, 4) is 0 Å². The number of hydrogen-bond acceptors (Lipinski definition) is 6. The van der Waals surface area contributed by atoms with Crippen LogP contribution in [0.25, 0.3) is 0 Å². The lowest BCUT2D eigenvalue weighted by molar-refractivity contribution is -0.383. The topological polar surface area (TPSA) is 84.2 Å². The Morgan fingerprint density at radius 1 is 1.17 bits per heavy atom. The monoisotopic (exact) mass is 327 g/mol. The second-order valence-electron chi connectivity index (χ2n) is 6.03. The lowest BCUT2D eigenvalue weighted by Gasteiger charge is -2.24. The van der Waals surface area contributed by atoms with Crippen LogP contribution in [0.5, 0.6) is 0 Å². The minimum Gasteiger partial charge on any atom is -0.361 e. The maximum Gasteiger partial charge on any atom is 0.353 e. The first-order chi connectivity index (χ1) is 11.7. The molecule has 0 saturated heterocycles. The highest BCUT2D eigenvalue weighted by Crippen LogP contribution is 2.35. The molecule has 0 atom stereocenters. The third-order valence-corrected chi connectivity index (χ3v) is 4.39. The van der Waals surface area contributed by atoms with Crippen LogP contribution in [0.15, 0.2) is 36.7 Å². The molecule has 2 aromatic rings. The van der Waals surface area contributed by atoms with Gasteiger partial charge in [0.1, 0.15) is 6.33 Å². The Labute approximate surface area is 140 Å². The van der Waals surface area contributed by atoms with Crippen molar-refractivity contribution in [1.29, 1.82) is 0 Å². The Kier molecular flexibility index (Phi) is 4.88. The Bertz CT molecular complexity index is 701. The molecule has 1 N–H and O–H groups in total. The average Bonchev–Trinajstić information content (AvgIpc) is 2.62. The highest BCUT2D eigenvalue weighted by atomic mass is 16.6. The van der Waals surface area contributed by atoms with Crippen molar-refractivity contribution < 1.29 is 4.92 Å². The van der Waals surface area contributed by atoms with Gasteiger partial charge in [0.05, 0.1) is 4.92 Å². The van der Waals surface area contributed by atoms with E-state index in [1.807, 2.05) is 30.3 Å². The standard InChI is InChI=1S/C17H21N5O2/c1-21(14-10-6-3-7-11-14)17-15(22(23)24)16(18-12-19-17)20-13-8-4-2-5-9-13/h3,6-7,10-13H,2,4-5,8-9H2,1H3,(H,18,19,20). The predicted octanol–water partition coefficient (Wildman–Crippen LogP) is 3.90. The van der Waals surface area contributed by atoms with Crippen molar-refractivity contribution in [3.05, 3.63) is 46.8 Å². The average molecular weight is 327 g/mol. The highest BCUT2D eigenvalue weighted by Gasteiger charge is 2.27. The van der Waals surface area contributed by atoms with Gasteiger partial charge in [0, 0.05) is 18.8 Å². The van der Waals surface area contributed by atoms with Crippen molar-refractivity contribution in [2.45, 2.75) is 38.1 Å². The minimum atomic E-state index is -0.403. The van der Waals surface area contributed by atoms with Gasteiger partial charge in [-0.25, -0.2) is 9.97 Å². The van der Waals surface area contributed by atoms with E-state index in [1.54, 1.807) is 11.9 Å². The van der Waals surface area contributed by atoms with E-state index < -0.39 is 4.92 Å². The van der Waals surface area contributed by atoms with E-state index in [-0.39, 0.29) is 11.7 Å². The maximum atomic E-state index is 11.7. The lowest BCUT2D eigenvalue weighted by atomic mass is 9.95. The molecule has 1 aromatic carbocycles. The molecule has 0 aliphatic heterocycles. The summed E-state index contributed by atoms with van der Waals surface area (Å²) >= 11 is 0. The van der Waals surface area contributed by atoms with Crippen LogP contribution in [0.2, 0.25) is 0 Å². The van der Waals surface area contributed by atoms with Crippen molar-refractivity contribution in [3.63, 3.8) is 0 Å². The second kappa shape index (κ2) is 7.25. The fourth-order valence-corrected chi connectivity index (χ4v) is 3.10. The number of rotatable bonds is 5. The fourth-order valence-electron chi connectivity index (χ4n) is 3.10. The van der Waals surface area contributed by atoms with E-state index in [0.29, 0.717) is 11.6 Å². The van der Waals surface area contributed by atoms with Gasteiger partial charge in [-0.2, -0.15) is 0 Å². The van der Waals surface area contributed by atoms with Crippen LogP contribution in [0.4, 0.5) is 23.0 Å². The smallest absolute Gasteiger partial charge is 0.353 e. The molecule has 1 saturated carbocycles. The minimum absolute atomic E-state index is 0.0746. The summed E-state index contributed by atoms with van der Waals surface area (Å²) in [7, 11) is 1.77. The first-order valence-electron chi connectivity index (χ1n) is 8.21. The van der Waals surface area contributed by atoms with Gasteiger partial charge in [0.25, 0.3) is 0 Å². The van der Waals surface area contributed by atoms with Crippen LogP contribution < -0.4 is 10.2 Å². The molecule has 0 radical (unpaired) electrons. The number of hydrogen-bond donors (Lipinski definition) is 1. The third-order valence-electron chi connectivity index (χ3n) is 4.39. The van der Waals surface area contributed by atoms with E-state index >= 15 is 0 Å². The van der Waals surface area contributed by atoms with Gasteiger partial charge in [-0.15, -0.1) is 0 Å². The molecule has 0 amide bonds. The van der Waals surface area contributed by atoms with E-state index in [0.717, 1.165) is 31.4 Å². The molecule has 7 nitrogen and oxygen atoms in total. The summed E-state index contributed by atoms with van der Waals surface area (Å²) < 4.78 is 0. The number of benzene rings is 1. The van der Waals surface area contributed by atoms with Crippen LogP contribution in [-0.4, -0.2) is 28.0 Å². The molecule has 1 heterocycles. The van der Waals surface area contributed by atoms with E-state index in [1.165, 1.54) is 12.7 Å². The first kappa shape index (κ1) is 16.2. The van der Waals surface area contributed by atoms with Crippen LogP contribution in [0.1, 0.15) is 32.1 Å². The molecule has 3 rings (SSSR count). The van der Waals surface area contributed by atoms with E-state index in [4.69, 9.17) is 0 Å². The zero-order valence-corrected chi connectivity index (χ0v) is 13.7. The van der Waals surface area contributed by atoms with Crippen LogP contribution in [0, 0.1) is 10.1 Å². The van der Waals surface area contributed by atoms with E-state index in [9.17, 15) is 10.1 Å². The summed E-state index contributed by atoms with van der Waals surface area (Å²) in [5, 5.41) is 14.9. The SMILES string of the molecule is CN(c1ccccc1)c1ncnc(NC2CCCCC2)c1[N+](=O)[O-]. The second-order valence-corrected chi connectivity index (χ2v) is 6.03. The molecule has 0 unspecified atom stereocenters. The number of nitrogens with zero attached hydrogens (tertiary/aromatic N) is 4. The van der Waals surface area contributed by atoms with Crippen LogP contribution in [-0.2, 0) is 0 Å².